The third-order valence-electron chi connectivity index (χ3n) is 6.82. The molecule has 1 aliphatic heterocycles. The summed E-state index contributed by atoms with van der Waals surface area (Å²) in [5.41, 5.74) is 3.07. The molecule has 1 saturated heterocycles. The van der Waals surface area contributed by atoms with E-state index < -0.39 is 0 Å². The average molecular weight is 516 g/mol. The minimum absolute atomic E-state index is 0.00865. The molecule has 0 saturated carbocycles. The molecule has 7 nitrogen and oxygen atoms in total. The van der Waals surface area contributed by atoms with E-state index in [0.29, 0.717) is 26.1 Å². The second-order valence-electron chi connectivity index (χ2n) is 9.49. The monoisotopic (exact) mass is 515 g/mol. The topological polar surface area (TPSA) is 79.3 Å². The molecule has 2 N–H and O–H groups in total. The predicted octanol–water partition coefficient (Wildman–Crippen LogP) is 4.77. The number of carbonyl (C=O) groups excluding carboxylic acids is 2. The molecule has 1 atom stereocenters. The van der Waals surface area contributed by atoms with Gasteiger partial charge in [0.25, 0.3) is 5.91 Å². The molecular formula is C29H33N5O2S. The highest BCUT2D eigenvalue weighted by Gasteiger charge is 2.22. The van der Waals surface area contributed by atoms with E-state index in [-0.39, 0.29) is 17.9 Å². The third kappa shape index (κ3) is 5.92. The molecule has 2 aromatic heterocycles. The fraction of sp³-hybridized carbons (Fsp3) is 0.345. The number of fused-ring (bicyclic) bond motifs is 1. The average Bonchev–Trinajstić information content (AvgIpc) is 3.50. The van der Waals surface area contributed by atoms with Crippen LogP contribution in [0.25, 0.3) is 21.5 Å². The number of amides is 2. The Balaban J connectivity index is 1.30. The molecule has 192 valence electrons. The van der Waals surface area contributed by atoms with E-state index in [4.69, 9.17) is 5.10 Å². The largest absolute Gasteiger partial charge is 0.356 e. The number of aryl methyl sites for hydroxylation is 1. The summed E-state index contributed by atoms with van der Waals surface area (Å²) in [5, 5.41) is 12.3. The normalized spacial score (nSPS) is 18.0. The molecule has 2 amide bonds. The molecule has 0 radical (unpaired) electrons. The Labute approximate surface area is 221 Å². The second kappa shape index (κ2) is 11.7. The Morgan fingerprint density at radius 2 is 1.70 bits per heavy atom. The SMILES string of the molecule is Cn1nc(-c2ccccc2)c2cc(C(=O)N3CCCCNC(c4ccccc4)CC(=O)NCCC3)sc21. The lowest BCUT2D eigenvalue weighted by Crippen LogP contribution is -2.35. The number of benzene rings is 2. The van der Waals surface area contributed by atoms with Crippen molar-refractivity contribution < 1.29 is 9.59 Å². The number of aromatic nitrogens is 2. The van der Waals surface area contributed by atoms with Crippen LogP contribution >= 0.6 is 11.3 Å². The summed E-state index contributed by atoms with van der Waals surface area (Å²) < 4.78 is 1.86. The number of hydrogen-bond donors (Lipinski definition) is 2. The molecule has 37 heavy (non-hydrogen) atoms. The number of carbonyl (C=O) groups is 2. The summed E-state index contributed by atoms with van der Waals surface area (Å²) in [4.78, 5) is 29.9. The van der Waals surface area contributed by atoms with Crippen molar-refractivity contribution in [1.82, 2.24) is 25.3 Å². The summed E-state index contributed by atoms with van der Waals surface area (Å²) in [5.74, 6) is 0.0838. The summed E-state index contributed by atoms with van der Waals surface area (Å²) in [6, 6.07) is 22.2. The van der Waals surface area contributed by atoms with Crippen molar-refractivity contribution in [2.24, 2.45) is 7.05 Å². The Hall–Kier alpha value is -3.49. The smallest absolute Gasteiger partial charge is 0.264 e. The van der Waals surface area contributed by atoms with E-state index in [2.05, 4.69) is 22.8 Å². The summed E-state index contributed by atoms with van der Waals surface area (Å²) >= 11 is 1.50. The van der Waals surface area contributed by atoms with Crippen molar-refractivity contribution in [1.29, 1.82) is 0 Å². The van der Waals surface area contributed by atoms with Gasteiger partial charge in [0.05, 0.1) is 4.88 Å². The molecule has 0 spiro atoms. The molecule has 5 rings (SSSR count). The fourth-order valence-corrected chi connectivity index (χ4v) is 5.92. The van der Waals surface area contributed by atoms with Crippen LogP contribution < -0.4 is 10.6 Å². The van der Waals surface area contributed by atoms with Gasteiger partial charge in [-0.1, -0.05) is 60.7 Å². The molecule has 2 aromatic carbocycles. The zero-order chi connectivity index (χ0) is 25.6. The van der Waals surface area contributed by atoms with Crippen molar-refractivity contribution in [2.75, 3.05) is 26.2 Å². The minimum Gasteiger partial charge on any atom is -0.356 e. The van der Waals surface area contributed by atoms with E-state index >= 15 is 0 Å². The van der Waals surface area contributed by atoms with Gasteiger partial charge in [-0.15, -0.1) is 11.3 Å². The van der Waals surface area contributed by atoms with Gasteiger partial charge in [-0.05, 0) is 37.4 Å². The predicted molar refractivity (Wildman–Crippen MR) is 149 cm³/mol. The van der Waals surface area contributed by atoms with Crippen LogP contribution in [-0.2, 0) is 11.8 Å². The maximum Gasteiger partial charge on any atom is 0.264 e. The van der Waals surface area contributed by atoms with Crippen molar-refractivity contribution in [2.45, 2.75) is 31.7 Å². The van der Waals surface area contributed by atoms with E-state index in [1.54, 1.807) is 0 Å². The van der Waals surface area contributed by atoms with Gasteiger partial charge < -0.3 is 15.5 Å². The summed E-state index contributed by atoms with van der Waals surface area (Å²) in [6.45, 7) is 2.66. The quantitative estimate of drug-likeness (QED) is 0.412. The van der Waals surface area contributed by atoms with Crippen LogP contribution in [-0.4, -0.2) is 52.7 Å². The number of thiophene rings is 1. The highest BCUT2D eigenvalue weighted by molar-refractivity contribution is 7.20. The van der Waals surface area contributed by atoms with E-state index in [0.717, 1.165) is 57.7 Å². The van der Waals surface area contributed by atoms with Gasteiger partial charge in [0.15, 0.2) is 0 Å². The van der Waals surface area contributed by atoms with Gasteiger partial charge in [-0.2, -0.15) is 5.10 Å². The third-order valence-corrected chi connectivity index (χ3v) is 8.01. The zero-order valence-electron chi connectivity index (χ0n) is 21.2. The Morgan fingerprint density at radius 1 is 0.973 bits per heavy atom. The van der Waals surface area contributed by atoms with Crippen molar-refractivity contribution >= 4 is 33.4 Å². The molecule has 1 fully saturated rings. The highest BCUT2D eigenvalue weighted by atomic mass is 32.1. The minimum atomic E-state index is -0.00865. The van der Waals surface area contributed by atoms with E-state index in [1.165, 1.54) is 11.3 Å². The van der Waals surface area contributed by atoms with Crippen LogP contribution in [0.3, 0.4) is 0 Å². The van der Waals surface area contributed by atoms with Gasteiger partial charge in [-0.25, -0.2) is 0 Å². The zero-order valence-corrected chi connectivity index (χ0v) is 22.0. The van der Waals surface area contributed by atoms with E-state index in [1.807, 2.05) is 71.2 Å². The van der Waals surface area contributed by atoms with Crippen molar-refractivity contribution in [3.05, 3.63) is 77.2 Å². The molecule has 3 heterocycles. The molecule has 0 aliphatic carbocycles. The van der Waals surface area contributed by atoms with Gasteiger partial charge >= 0.3 is 0 Å². The standard InChI is InChI=1S/C29H33N5O2S/c1-33-29-23(27(32-33)22-13-6-3-7-14-22)19-25(37-29)28(36)34-17-9-8-15-30-24(21-11-4-2-5-12-21)20-26(35)31-16-10-18-34/h2-7,11-14,19,24,30H,8-10,15-18,20H2,1H3,(H,31,35). The van der Waals surface area contributed by atoms with E-state index in [9.17, 15) is 9.59 Å². The van der Waals surface area contributed by atoms with Crippen molar-refractivity contribution in [3.8, 4) is 11.3 Å². The van der Waals surface area contributed by atoms with Crippen LogP contribution in [0.1, 0.15) is 47.0 Å². The lowest BCUT2D eigenvalue weighted by atomic mass is 10.0. The molecular weight excluding hydrogens is 482 g/mol. The fourth-order valence-electron chi connectivity index (χ4n) is 4.88. The first-order chi connectivity index (χ1) is 18.1. The molecule has 1 aliphatic rings. The van der Waals surface area contributed by atoms with Crippen LogP contribution in [0.2, 0.25) is 0 Å². The van der Waals surface area contributed by atoms with Gasteiger partial charge in [0.2, 0.25) is 5.91 Å². The highest BCUT2D eigenvalue weighted by Crippen LogP contribution is 2.34. The summed E-state index contributed by atoms with van der Waals surface area (Å²) in [7, 11) is 1.93. The second-order valence-corrected chi connectivity index (χ2v) is 10.5. The first kappa shape index (κ1) is 25.2. The Kier molecular flexibility index (Phi) is 7.96. The lowest BCUT2D eigenvalue weighted by molar-refractivity contribution is -0.121. The van der Waals surface area contributed by atoms with Crippen LogP contribution in [0.4, 0.5) is 0 Å². The van der Waals surface area contributed by atoms with Gasteiger partial charge in [-0.3, -0.25) is 14.3 Å². The maximum atomic E-state index is 13.6. The Morgan fingerprint density at radius 3 is 2.49 bits per heavy atom. The lowest BCUT2D eigenvalue weighted by Gasteiger charge is -2.22. The van der Waals surface area contributed by atoms with Crippen LogP contribution in [0.5, 0.6) is 0 Å². The first-order valence-corrected chi connectivity index (χ1v) is 13.8. The van der Waals surface area contributed by atoms with Crippen molar-refractivity contribution in [3.63, 3.8) is 0 Å². The number of nitrogens with one attached hydrogen (secondary N) is 2. The first-order valence-electron chi connectivity index (χ1n) is 13.0. The molecule has 0 bridgehead atoms. The van der Waals surface area contributed by atoms with Crippen LogP contribution in [0, 0.1) is 0 Å². The number of nitrogens with zero attached hydrogens (tertiary/aromatic N) is 3. The summed E-state index contributed by atoms with van der Waals surface area (Å²) in [6.07, 6.45) is 2.97. The molecule has 8 heteroatoms. The molecule has 4 aromatic rings. The molecule has 1 unspecified atom stereocenters. The van der Waals surface area contributed by atoms with Gasteiger partial charge in [0, 0.05) is 50.1 Å². The van der Waals surface area contributed by atoms with Crippen LogP contribution in [0.15, 0.2) is 66.7 Å². The Bertz CT molecular complexity index is 1350. The maximum absolute atomic E-state index is 13.6. The van der Waals surface area contributed by atoms with Gasteiger partial charge in [0.1, 0.15) is 10.5 Å². The number of rotatable bonds is 3. The number of hydrogen-bond acceptors (Lipinski definition) is 5.